The molecule has 0 saturated heterocycles. The van der Waals surface area contributed by atoms with Crippen LogP contribution in [-0.4, -0.2) is 12.6 Å². The summed E-state index contributed by atoms with van der Waals surface area (Å²) in [5.74, 6) is -0.915. The normalized spacial score (nSPS) is 11.6. The van der Waals surface area contributed by atoms with Gasteiger partial charge in [0.2, 0.25) is 0 Å². The number of benzene rings is 2. The quantitative estimate of drug-likeness (QED) is 0.669. The molecule has 136 valence electrons. The number of carbonyl (C=O) groups excluding carboxylic acids is 1. The molecular formula is C18H19Cl3FNO2. The second-order valence-corrected chi connectivity index (χ2v) is 6.22. The van der Waals surface area contributed by atoms with Gasteiger partial charge in [0.1, 0.15) is 5.82 Å². The van der Waals surface area contributed by atoms with Crippen molar-refractivity contribution < 1.29 is 13.9 Å². The molecule has 2 N–H and O–H groups in total. The highest BCUT2D eigenvalue weighted by Gasteiger charge is 2.20. The number of rotatable bonds is 5. The Kier molecular flexibility index (Phi) is 8.16. The van der Waals surface area contributed by atoms with E-state index in [9.17, 15) is 9.18 Å². The molecule has 0 aliphatic carbocycles. The first-order valence-electron chi connectivity index (χ1n) is 7.50. The Balaban J connectivity index is 0.00000312. The lowest BCUT2D eigenvalue weighted by atomic mass is 9.95. The first-order valence-corrected chi connectivity index (χ1v) is 8.26. The largest absolute Gasteiger partial charge is 0.466 e. The van der Waals surface area contributed by atoms with Crippen LogP contribution in [0.4, 0.5) is 4.39 Å². The fourth-order valence-electron chi connectivity index (χ4n) is 2.49. The summed E-state index contributed by atoms with van der Waals surface area (Å²) >= 11 is 12.5. The van der Waals surface area contributed by atoms with Crippen molar-refractivity contribution in [1.29, 1.82) is 0 Å². The van der Waals surface area contributed by atoms with Crippen molar-refractivity contribution >= 4 is 41.6 Å². The summed E-state index contributed by atoms with van der Waals surface area (Å²) in [4.78, 5) is 11.6. The second kappa shape index (κ2) is 9.39. The Labute approximate surface area is 162 Å². The third-order valence-electron chi connectivity index (χ3n) is 3.63. The predicted molar refractivity (Wildman–Crippen MR) is 102 cm³/mol. The van der Waals surface area contributed by atoms with E-state index in [-0.39, 0.29) is 31.0 Å². The highest BCUT2D eigenvalue weighted by molar-refractivity contribution is 6.39. The lowest BCUT2D eigenvalue weighted by Gasteiger charge is -2.17. The minimum absolute atomic E-state index is 0. The number of ether oxygens (including phenoxy) is 1. The second-order valence-electron chi connectivity index (χ2n) is 5.41. The lowest BCUT2D eigenvalue weighted by molar-refractivity contribution is -0.143. The molecule has 0 radical (unpaired) electrons. The van der Waals surface area contributed by atoms with Crippen LogP contribution in [-0.2, 0) is 9.53 Å². The van der Waals surface area contributed by atoms with Gasteiger partial charge in [0.15, 0.2) is 0 Å². The van der Waals surface area contributed by atoms with Gasteiger partial charge in [-0.05, 0) is 49.2 Å². The highest BCUT2D eigenvalue weighted by Crippen LogP contribution is 2.37. The van der Waals surface area contributed by atoms with E-state index in [4.69, 9.17) is 33.7 Å². The van der Waals surface area contributed by atoms with Crippen LogP contribution in [0.5, 0.6) is 0 Å². The molecule has 0 spiro atoms. The maximum Gasteiger partial charge on any atom is 0.307 e. The predicted octanol–water partition coefficient (Wildman–Crippen LogP) is 5.48. The molecule has 25 heavy (non-hydrogen) atoms. The van der Waals surface area contributed by atoms with Gasteiger partial charge in [-0.3, -0.25) is 4.79 Å². The van der Waals surface area contributed by atoms with Gasteiger partial charge in [-0.15, -0.1) is 12.4 Å². The number of hydrogen-bond donors (Lipinski definition) is 1. The van der Waals surface area contributed by atoms with E-state index >= 15 is 0 Å². The van der Waals surface area contributed by atoms with Crippen LogP contribution >= 0.6 is 35.6 Å². The molecule has 2 aromatic rings. The van der Waals surface area contributed by atoms with E-state index in [0.717, 1.165) is 0 Å². The molecule has 0 bridgehead atoms. The smallest absolute Gasteiger partial charge is 0.307 e. The van der Waals surface area contributed by atoms with Gasteiger partial charge in [0.25, 0.3) is 0 Å². The van der Waals surface area contributed by atoms with Crippen LogP contribution in [0.2, 0.25) is 10.0 Å². The first kappa shape index (κ1) is 21.7. The molecule has 0 fully saturated rings. The summed E-state index contributed by atoms with van der Waals surface area (Å²) in [7, 11) is 0. The van der Waals surface area contributed by atoms with E-state index in [1.807, 2.05) is 0 Å². The zero-order valence-corrected chi connectivity index (χ0v) is 16.1. The van der Waals surface area contributed by atoms with Crippen LogP contribution in [0.15, 0.2) is 30.3 Å². The summed E-state index contributed by atoms with van der Waals surface area (Å²) in [6.07, 6.45) is -0.107. The van der Waals surface area contributed by atoms with Crippen LogP contribution in [0, 0.1) is 12.7 Å². The van der Waals surface area contributed by atoms with Crippen molar-refractivity contribution in [2.75, 3.05) is 6.61 Å². The average Bonchev–Trinajstić information content (AvgIpc) is 2.50. The fraction of sp³-hybridized carbons (Fsp3) is 0.278. The molecule has 7 heteroatoms. The maximum atomic E-state index is 14.5. The molecule has 2 aromatic carbocycles. The minimum atomic E-state index is -0.816. The van der Waals surface area contributed by atoms with Gasteiger partial charge in [0, 0.05) is 27.2 Å². The van der Waals surface area contributed by atoms with Crippen LogP contribution in [0.25, 0.3) is 11.1 Å². The zero-order valence-electron chi connectivity index (χ0n) is 13.8. The minimum Gasteiger partial charge on any atom is -0.466 e. The topological polar surface area (TPSA) is 52.3 Å². The van der Waals surface area contributed by atoms with Crippen molar-refractivity contribution in [3.63, 3.8) is 0 Å². The molecule has 0 aliphatic rings. The number of hydrogen-bond acceptors (Lipinski definition) is 3. The van der Waals surface area contributed by atoms with E-state index in [0.29, 0.717) is 26.7 Å². The molecule has 3 nitrogen and oxygen atoms in total. The first-order chi connectivity index (χ1) is 11.3. The van der Waals surface area contributed by atoms with Gasteiger partial charge >= 0.3 is 5.97 Å². The molecule has 0 amide bonds. The van der Waals surface area contributed by atoms with Gasteiger partial charge < -0.3 is 10.5 Å². The summed E-state index contributed by atoms with van der Waals surface area (Å²) in [6, 6.07) is 7.57. The van der Waals surface area contributed by atoms with E-state index in [2.05, 4.69) is 0 Å². The SMILES string of the molecule is CCOC(=O)C[C@H](N)c1cc(-c2c(Cl)cccc2Cl)cc(C)c1F.Cl. The number of nitrogens with two attached hydrogens (primary N) is 1. The Hall–Kier alpha value is -1.33. The molecule has 0 saturated carbocycles. The molecular weight excluding hydrogens is 388 g/mol. The number of esters is 1. The molecule has 0 unspecified atom stereocenters. The van der Waals surface area contributed by atoms with E-state index < -0.39 is 17.8 Å². The Bertz CT molecular complexity index is 748. The number of aryl methyl sites for hydroxylation is 1. The standard InChI is InChI=1S/C18H18Cl2FNO2.ClH/c1-3-24-16(23)9-15(22)12-8-11(7-10(2)18(12)21)17-13(19)5-4-6-14(17)20;/h4-8,15H,3,9,22H2,1-2H3;1H/t15-;/m0./s1. The van der Waals surface area contributed by atoms with Crippen molar-refractivity contribution in [2.24, 2.45) is 5.73 Å². The average molecular weight is 407 g/mol. The summed E-state index contributed by atoms with van der Waals surface area (Å²) in [5.41, 5.74) is 7.90. The van der Waals surface area contributed by atoms with E-state index in [1.54, 1.807) is 44.2 Å². The Morgan fingerprint density at radius 3 is 2.44 bits per heavy atom. The number of halogens is 4. The van der Waals surface area contributed by atoms with Gasteiger partial charge in [0.05, 0.1) is 13.0 Å². The lowest BCUT2D eigenvalue weighted by Crippen LogP contribution is -2.19. The van der Waals surface area contributed by atoms with Crippen LogP contribution < -0.4 is 5.73 Å². The Morgan fingerprint density at radius 1 is 1.28 bits per heavy atom. The summed E-state index contributed by atoms with van der Waals surface area (Å²) < 4.78 is 19.4. The zero-order chi connectivity index (χ0) is 17.9. The maximum absolute atomic E-state index is 14.5. The third-order valence-corrected chi connectivity index (χ3v) is 4.26. The van der Waals surface area contributed by atoms with Crippen molar-refractivity contribution in [3.05, 3.63) is 57.3 Å². The molecule has 0 aliphatic heterocycles. The van der Waals surface area contributed by atoms with Gasteiger partial charge in [-0.25, -0.2) is 4.39 Å². The van der Waals surface area contributed by atoms with Crippen molar-refractivity contribution in [3.8, 4) is 11.1 Å². The van der Waals surface area contributed by atoms with Gasteiger partial charge in [-0.1, -0.05) is 29.3 Å². The fourth-order valence-corrected chi connectivity index (χ4v) is 3.11. The van der Waals surface area contributed by atoms with Crippen molar-refractivity contribution in [2.45, 2.75) is 26.3 Å². The molecule has 0 aromatic heterocycles. The molecule has 1 atom stereocenters. The van der Waals surface area contributed by atoms with Crippen LogP contribution in [0.3, 0.4) is 0 Å². The van der Waals surface area contributed by atoms with Crippen molar-refractivity contribution in [1.82, 2.24) is 0 Å². The number of carbonyl (C=O) groups is 1. The van der Waals surface area contributed by atoms with E-state index in [1.165, 1.54) is 0 Å². The Morgan fingerprint density at radius 2 is 1.88 bits per heavy atom. The van der Waals surface area contributed by atoms with Gasteiger partial charge in [-0.2, -0.15) is 0 Å². The molecule has 0 heterocycles. The van der Waals surface area contributed by atoms with Crippen LogP contribution in [0.1, 0.15) is 30.5 Å². The third kappa shape index (κ3) is 5.08. The summed E-state index contributed by atoms with van der Waals surface area (Å²) in [5, 5.41) is 0.914. The summed E-state index contributed by atoms with van der Waals surface area (Å²) in [6.45, 7) is 3.58. The molecule has 2 rings (SSSR count). The highest BCUT2D eigenvalue weighted by atomic mass is 35.5. The monoisotopic (exact) mass is 405 g/mol.